The van der Waals surface area contributed by atoms with E-state index in [1.807, 2.05) is 6.07 Å². The summed E-state index contributed by atoms with van der Waals surface area (Å²) in [6, 6.07) is 15.2. The molecule has 1 heterocycles. The van der Waals surface area contributed by atoms with Gasteiger partial charge in [0.2, 0.25) is 0 Å². The van der Waals surface area contributed by atoms with Crippen molar-refractivity contribution in [2.24, 2.45) is 0 Å². The number of methoxy groups -OCH3 is 1. The van der Waals surface area contributed by atoms with Gasteiger partial charge in [0.25, 0.3) is 5.91 Å². The molecule has 136 valence electrons. The first-order valence-electron chi connectivity index (χ1n) is 8.18. The maximum atomic E-state index is 13.1. The zero-order valence-electron chi connectivity index (χ0n) is 14.8. The highest BCUT2D eigenvalue weighted by Gasteiger charge is 2.38. The lowest BCUT2D eigenvalue weighted by Crippen LogP contribution is -2.24. The Morgan fingerprint density at radius 3 is 2.30 bits per heavy atom. The van der Waals surface area contributed by atoms with Crippen molar-refractivity contribution in [2.45, 2.75) is 6.92 Å². The molecule has 0 radical (unpaired) electrons. The number of nitrogens with zero attached hydrogens (tertiary/aromatic N) is 1. The van der Waals surface area contributed by atoms with Gasteiger partial charge in [-0.1, -0.05) is 36.4 Å². The van der Waals surface area contributed by atoms with E-state index in [0.717, 1.165) is 0 Å². The number of carbonyl (C=O) groups excluding carboxylic acids is 2. The van der Waals surface area contributed by atoms with Crippen molar-refractivity contribution in [1.29, 1.82) is 0 Å². The minimum Gasteiger partial charge on any atom is -0.478 e. The second-order valence-corrected chi connectivity index (χ2v) is 5.88. The first-order valence-corrected chi connectivity index (χ1v) is 8.18. The fourth-order valence-corrected chi connectivity index (χ4v) is 3.04. The molecule has 0 aliphatic carbocycles. The van der Waals surface area contributed by atoms with E-state index < -0.39 is 17.8 Å². The predicted octanol–water partition coefficient (Wildman–Crippen LogP) is 3.26. The number of benzene rings is 2. The Kier molecular flexibility index (Phi) is 4.90. The number of hydrogen-bond acceptors (Lipinski definition) is 4. The average Bonchev–Trinajstić information content (AvgIpc) is 2.92. The third kappa shape index (κ3) is 3.25. The molecule has 0 atom stereocenters. The van der Waals surface area contributed by atoms with Crippen LogP contribution < -0.4 is 4.90 Å². The van der Waals surface area contributed by atoms with Crippen molar-refractivity contribution in [2.75, 3.05) is 12.0 Å². The number of hydrogen-bond donors (Lipinski definition) is 1. The van der Waals surface area contributed by atoms with Crippen molar-refractivity contribution in [1.82, 2.24) is 0 Å². The number of ether oxygens (including phenoxy) is 1. The molecule has 0 saturated heterocycles. The first kappa shape index (κ1) is 18.1. The minimum atomic E-state index is -1.12. The maximum absolute atomic E-state index is 13.1. The van der Waals surface area contributed by atoms with Gasteiger partial charge in [-0.2, -0.15) is 0 Å². The Labute approximate surface area is 156 Å². The van der Waals surface area contributed by atoms with Gasteiger partial charge in [0.15, 0.2) is 0 Å². The molecular formula is C21H17NO5. The standard InChI is InChI=1S/C21H17NO5/c1-13-18(21(26)27-2)17(12-14-8-6-7-11-16(14)20(24)25)19(23)22(13)15-9-4-3-5-10-15/h3-12H,1-2H3,(H,24,25)/b17-12-. The molecule has 6 heteroatoms. The molecule has 0 spiro atoms. The molecule has 0 unspecified atom stereocenters. The van der Waals surface area contributed by atoms with Crippen molar-refractivity contribution in [3.8, 4) is 0 Å². The zero-order chi connectivity index (χ0) is 19.6. The fourth-order valence-electron chi connectivity index (χ4n) is 3.04. The number of amides is 1. The highest BCUT2D eigenvalue weighted by molar-refractivity contribution is 6.24. The van der Waals surface area contributed by atoms with Crippen LogP contribution in [0.1, 0.15) is 22.8 Å². The SMILES string of the molecule is COC(=O)C1=C(C)N(c2ccccc2)C(=O)/C1=C\c1ccccc1C(=O)O. The van der Waals surface area contributed by atoms with Gasteiger partial charge in [0.1, 0.15) is 0 Å². The molecule has 0 bridgehead atoms. The third-order valence-electron chi connectivity index (χ3n) is 4.29. The number of carboxylic acids is 1. The number of carbonyl (C=O) groups is 3. The highest BCUT2D eigenvalue weighted by Crippen LogP contribution is 2.35. The van der Waals surface area contributed by atoms with E-state index in [9.17, 15) is 19.5 Å². The summed E-state index contributed by atoms with van der Waals surface area (Å²) >= 11 is 0. The predicted molar refractivity (Wildman–Crippen MR) is 100 cm³/mol. The molecule has 2 aromatic carbocycles. The molecule has 6 nitrogen and oxygen atoms in total. The zero-order valence-corrected chi connectivity index (χ0v) is 14.8. The largest absolute Gasteiger partial charge is 0.478 e. The second kappa shape index (κ2) is 7.29. The van der Waals surface area contributed by atoms with E-state index in [1.54, 1.807) is 49.4 Å². The van der Waals surface area contributed by atoms with E-state index in [1.165, 1.54) is 24.2 Å². The summed E-state index contributed by atoms with van der Waals surface area (Å²) in [5, 5.41) is 9.38. The van der Waals surface area contributed by atoms with Crippen molar-refractivity contribution in [3.05, 3.63) is 82.6 Å². The summed E-state index contributed by atoms with van der Waals surface area (Å²) in [5.41, 5.74) is 1.62. The smallest absolute Gasteiger partial charge is 0.340 e. The Bertz CT molecular complexity index is 989. The van der Waals surface area contributed by atoms with Gasteiger partial charge in [-0.25, -0.2) is 9.59 Å². The summed E-state index contributed by atoms with van der Waals surface area (Å²) in [7, 11) is 1.24. The van der Waals surface area contributed by atoms with Crippen molar-refractivity contribution >= 4 is 29.6 Å². The van der Waals surface area contributed by atoms with Gasteiger partial charge in [-0.15, -0.1) is 0 Å². The molecule has 3 rings (SSSR count). The van der Waals surface area contributed by atoms with E-state index in [-0.39, 0.29) is 16.7 Å². The van der Waals surface area contributed by atoms with Crippen LogP contribution in [0.2, 0.25) is 0 Å². The van der Waals surface area contributed by atoms with Gasteiger partial charge >= 0.3 is 11.9 Å². The summed E-state index contributed by atoms with van der Waals surface area (Å²) in [5.74, 6) is -2.19. The number of rotatable bonds is 4. The lowest BCUT2D eigenvalue weighted by atomic mass is 10.0. The molecule has 27 heavy (non-hydrogen) atoms. The van der Waals surface area contributed by atoms with E-state index in [4.69, 9.17) is 4.74 Å². The summed E-state index contributed by atoms with van der Waals surface area (Å²) in [4.78, 5) is 38.3. The fraction of sp³-hybridized carbons (Fsp3) is 0.0952. The summed E-state index contributed by atoms with van der Waals surface area (Å²) in [6.45, 7) is 1.65. The summed E-state index contributed by atoms with van der Waals surface area (Å²) < 4.78 is 4.85. The number of para-hydroxylation sites is 1. The third-order valence-corrected chi connectivity index (χ3v) is 4.29. The lowest BCUT2D eigenvalue weighted by Gasteiger charge is -2.17. The minimum absolute atomic E-state index is 0.0397. The van der Waals surface area contributed by atoms with Gasteiger partial charge in [0.05, 0.1) is 23.8 Å². The molecule has 1 aliphatic rings. The molecule has 0 aromatic heterocycles. The van der Waals surface area contributed by atoms with Crippen LogP contribution in [0.15, 0.2) is 71.4 Å². The molecule has 0 fully saturated rings. The molecule has 1 amide bonds. The van der Waals surface area contributed by atoms with Crippen molar-refractivity contribution < 1.29 is 24.2 Å². The topological polar surface area (TPSA) is 83.9 Å². The van der Waals surface area contributed by atoms with Crippen LogP contribution in [0.25, 0.3) is 6.08 Å². The Morgan fingerprint density at radius 1 is 1.04 bits per heavy atom. The van der Waals surface area contributed by atoms with Crippen LogP contribution in [0.4, 0.5) is 5.69 Å². The number of allylic oxidation sites excluding steroid dienone is 1. The number of carboxylic acid groups (broad SMARTS) is 1. The second-order valence-electron chi connectivity index (χ2n) is 5.88. The number of esters is 1. The Morgan fingerprint density at radius 2 is 1.67 bits per heavy atom. The van der Waals surface area contributed by atoms with Gasteiger partial charge in [-0.05, 0) is 36.8 Å². The van der Waals surface area contributed by atoms with Gasteiger partial charge in [-0.3, -0.25) is 9.69 Å². The van der Waals surface area contributed by atoms with Gasteiger partial charge in [0, 0.05) is 11.4 Å². The lowest BCUT2D eigenvalue weighted by molar-refractivity contribution is -0.136. The highest BCUT2D eigenvalue weighted by atomic mass is 16.5. The monoisotopic (exact) mass is 363 g/mol. The maximum Gasteiger partial charge on any atom is 0.340 e. The summed E-state index contributed by atoms with van der Waals surface area (Å²) in [6.07, 6.45) is 1.42. The number of anilines is 1. The van der Waals surface area contributed by atoms with E-state index >= 15 is 0 Å². The quantitative estimate of drug-likeness (QED) is 0.666. The molecule has 2 aromatic rings. The van der Waals surface area contributed by atoms with Crippen LogP contribution in [-0.4, -0.2) is 30.1 Å². The normalized spacial score (nSPS) is 15.4. The average molecular weight is 363 g/mol. The van der Waals surface area contributed by atoms with E-state index in [2.05, 4.69) is 0 Å². The Hall–Kier alpha value is -3.67. The molecule has 1 N–H and O–H groups in total. The number of aromatic carboxylic acids is 1. The van der Waals surface area contributed by atoms with Crippen LogP contribution in [-0.2, 0) is 14.3 Å². The van der Waals surface area contributed by atoms with Crippen LogP contribution in [0, 0.1) is 0 Å². The van der Waals surface area contributed by atoms with E-state index in [0.29, 0.717) is 16.9 Å². The molecule has 1 aliphatic heterocycles. The van der Waals surface area contributed by atoms with Crippen molar-refractivity contribution in [3.63, 3.8) is 0 Å². The van der Waals surface area contributed by atoms with Crippen LogP contribution in [0.3, 0.4) is 0 Å². The molecular weight excluding hydrogens is 346 g/mol. The van der Waals surface area contributed by atoms with Crippen LogP contribution >= 0.6 is 0 Å². The van der Waals surface area contributed by atoms with Gasteiger partial charge < -0.3 is 9.84 Å². The first-order chi connectivity index (χ1) is 13.0. The van der Waals surface area contributed by atoms with Crippen LogP contribution in [0.5, 0.6) is 0 Å². The Balaban J connectivity index is 2.19. The molecule has 0 saturated carbocycles.